The molecule has 0 aliphatic heterocycles. The van der Waals surface area contributed by atoms with E-state index in [4.69, 9.17) is 81.2 Å². The molecule has 0 spiro atoms. The number of hydrogen-bond donors (Lipinski definition) is 0. The topological polar surface area (TPSA) is 0 Å². The lowest BCUT2D eigenvalue weighted by Crippen LogP contribution is -2.50. The number of rotatable bonds is 0. The zero-order valence-corrected chi connectivity index (χ0v) is 13.4. The average molecular weight is 373 g/mol. The maximum atomic E-state index is 6.61. The quantitative estimate of drug-likeness (QED) is 0.500. The molecular weight excluding hydrogens is 368 g/mol. The maximum Gasteiger partial charge on any atom is 0.189 e. The molecule has 1 fully saturated rings. The largest absolute Gasteiger partial charge is 0.189 e. The lowest BCUT2D eigenvalue weighted by Gasteiger charge is -2.38. The van der Waals surface area contributed by atoms with E-state index in [9.17, 15) is 0 Å². The van der Waals surface area contributed by atoms with E-state index in [1.165, 1.54) is 0 Å². The van der Waals surface area contributed by atoms with E-state index in [1.807, 2.05) is 12.2 Å². The van der Waals surface area contributed by atoms with Gasteiger partial charge >= 0.3 is 0 Å². The van der Waals surface area contributed by atoms with Gasteiger partial charge in [-0.25, -0.2) is 0 Å². The minimum absolute atomic E-state index is 0.0829. The van der Waals surface area contributed by atoms with Crippen LogP contribution in [0.2, 0.25) is 0 Å². The predicted octanol–water partition coefficient (Wildman–Crippen LogP) is 5.39. The van der Waals surface area contributed by atoms with E-state index >= 15 is 0 Å². The summed E-state index contributed by atoms with van der Waals surface area (Å²) in [6.07, 6.45) is 4.56. The van der Waals surface area contributed by atoms with Gasteiger partial charge in [0.15, 0.2) is 13.0 Å². The summed E-state index contributed by atoms with van der Waals surface area (Å²) in [5, 5.41) is 0. The molecule has 17 heavy (non-hydrogen) atoms. The Balaban J connectivity index is 2.36. The maximum absolute atomic E-state index is 6.61. The van der Waals surface area contributed by atoms with Crippen LogP contribution in [0.15, 0.2) is 23.3 Å². The van der Waals surface area contributed by atoms with Crippen molar-refractivity contribution in [2.24, 2.45) is 5.92 Å². The molecule has 3 rings (SSSR count). The molecular formula is C10H5Cl7. The summed E-state index contributed by atoms with van der Waals surface area (Å²) < 4.78 is -5.05. The van der Waals surface area contributed by atoms with Crippen molar-refractivity contribution < 1.29 is 0 Å². The van der Waals surface area contributed by atoms with Gasteiger partial charge in [0.25, 0.3) is 0 Å². The van der Waals surface area contributed by atoms with E-state index in [2.05, 4.69) is 0 Å². The van der Waals surface area contributed by atoms with E-state index < -0.39 is 17.9 Å². The molecule has 2 unspecified atom stereocenters. The van der Waals surface area contributed by atoms with E-state index in [1.54, 1.807) is 0 Å². The van der Waals surface area contributed by atoms with E-state index in [-0.39, 0.29) is 5.92 Å². The van der Waals surface area contributed by atoms with Crippen molar-refractivity contribution in [2.45, 2.75) is 24.3 Å². The first-order valence-corrected chi connectivity index (χ1v) is 7.47. The number of hydrogen-bond acceptors (Lipinski definition) is 0. The molecule has 3 aliphatic carbocycles. The molecule has 7 heteroatoms. The highest BCUT2D eigenvalue weighted by Crippen LogP contribution is 2.77. The van der Waals surface area contributed by atoms with Gasteiger partial charge in [-0.05, 0) is 17.6 Å². The van der Waals surface area contributed by atoms with Crippen molar-refractivity contribution in [3.05, 3.63) is 23.3 Å². The minimum atomic E-state index is -1.78. The molecule has 3 aliphatic rings. The molecule has 0 radical (unpaired) electrons. The third-order valence-corrected chi connectivity index (χ3v) is 8.69. The summed E-state index contributed by atoms with van der Waals surface area (Å²) >= 11 is 44.2. The SMILES string of the molecule is ClC1(Cl)C2=C3C=CC(C3)C2(Cl)C(Cl)(Cl)C1(Cl)Cl. The highest BCUT2D eigenvalue weighted by atomic mass is 35.5. The van der Waals surface area contributed by atoms with Crippen LogP contribution in [0.25, 0.3) is 0 Å². The molecule has 0 saturated heterocycles. The second kappa shape index (κ2) is 3.39. The first-order chi connectivity index (χ1) is 7.58. The van der Waals surface area contributed by atoms with Gasteiger partial charge in [0.05, 0.1) is 0 Å². The molecule has 94 valence electrons. The average Bonchev–Trinajstić information content (AvgIpc) is 2.76. The highest BCUT2D eigenvalue weighted by Gasteiger charge is 2.82. The molecule has 1 saturated carbocycles. The molecule has 0 aromatic carbocycles. The van der Waals surface area contributed by atoms with Crippen LogP contribution in [-0.2, 0) is 0 Å². The van der Waals surface area contributed by atoms with Crippen molar-refractivity contribution in [3.63, 3.8) is 0 Å². The van der Waals surface area contributed by atoms with Crippen LogP contribution < -0.4 is 0 Å². The number of allylic oxidation sites excluding steroid dienone is 4. The molecule has 0 N–H and O–H groups in total. The first-order valence-electron chi connectivity index (χ1n) is 4.83. The van der Waals surface area contributed by atoms with Crippen molar-refractivity contribution in [1.82, 2.24) is 0 Å². The smallest absolute Gasteiger partial charge is 0.110 e. The van der Waals surface area contributed by atoms with Gasteiger partial charge in [0, 0.05) is 5.92 Å². The van der Waals surface area contributed by atoms with Gasteiger partial charge in [-0.15, -0.1) is 11.6 Å². The van der Waals surface area contributed by atoms with Crippen molar-refractivity contribution in [3.8, 4) is 0 Å². The van der Waals surface area contributed by atoms with Crippen LogP contribution in [-0.4, -0.2) is 17.9 Å². The fraction of sp³-hybridized carbons (Fsp3) is 0.600. The summed E-state index contributed by atoms with van der Waals surface area (Å²) in [6, 6.07) is 0. The zero-order valence-electron chi connectivity index (χ0n) is 8.08. The summed E-state index contributed by atoms with van der Waals surface area (Å²) in [6.45, 7) is 0. The summed E-state index contributed by atoms with van der Waals surface area (Å²) in [5.41, 5.74) is 1.46. The van der Waals surface area contributed by atoms with Gasteiger partial charge in [0.2, 0.25) is 0 Å². The molecule has 0 nitrogen and oxygen atoms in total. The second-order valence-corrected chi connectivity index (χ2v) is 9.08. The Bertz CT molecular complexity index is 473. The van der Waals surface area contributed by atoms with Gasteiger partial charge in [-0.1, -0.05) is 81.8 Å². The Morgan fingerprint density at radius 2 is 1.53 bits per heavy atom. The zero-order chi connectivity index (χ0) is 12.9. The third kappa shape index (κ3) is 1.19. The van der Waals surface area contributed by atoms with E-state index in [0.29, 0.717) is 12.0 Å². The molecule has 0 amide bonds. The lowest BCUT2D eigenvalue weighted by molar-refractivity contribution is 0.503. The minimum Gasteiger partial charge on any atom is -0.110 e. The van der Waals surface area contributed by atoms with Crippen LogP contribution in [0.4, 0.5) is 0 Å². The number of halogens is 7. The monoisotopic (exact) mass is 370 g/mol. The van der Waals surface area contributed by atoms with Crippen LogP contribution in [0.3, 0.4) is 0 Å². The highest BCUT2D eigenvalue weighted by molar-refractivity contribution is 6.74. The molecule has 0 heterocycles. The fourth-order valence-electron chi connectivity index (χ4n) is 2.89. The van der Waals surface area contributed by atoms with Crippen LogP contribution in [0, 0.1) is 5.92 Å². The van der Waals surface area contributed by atoms with Gasteiger partial charge in [-0.3, -0.25) is 0 Å². The third-order valence-electron chi connectivity index (χ3n) is 3.73. The van der Waals surface area contributed by atoms with E-state index in [0.717, 1.165) is 5.57 Å². The Kier molecular flexibility index (Phi) is 2.69. The van der Waals surface area contributed by atoms with Gasteiger partial charge in [-0.2, -0.15) is 0 Å². The summed E-state index contributed by atoms with van der Waals surface area (Å²) in [5.74, 6) is -0.0829. The molecule has 2 bridgehead atoms. The first kappa shape index (κ1) is 13.5. The second-order valence-electron chi connectivity index (χ2n) is 4.50. The van der Waals surface area contributed by atoms with Crippen LogP contribution >= 0.6 is 81.2 Å². The Morgan fingerprint density at radius 1 is 0.941 bits per heavy atom. The van der Waals surface area contributed by atoms with Gasteiger partial charge < -0.3 is 0 Å². The molecule has 2 atom stereocenters. The Hall–Kier alpha value is 1.51. The number of alkyl halides is 7. The Morgan fingerprint density at radius 3 is 2.06 bits per heavy atom. The summed E-state index contributed by atoms with van der Waals surface area (Å²) in [7, 11) is 0. The lowest BCUT2D eigenvalue weighted by atomic mass is 9.90. The van der Waals surface area contributed by atoms with Crippen molar-refractivity contribution >= 4 is 81.2 Å². The summed E-state index contributed by atoms with van der Waals surface area (Å²) in [4.78, 5) is -1.15. The standard InChI is InChI=1S/C10H5Cl7/c11-7-5-2-1-4(3-5)6(7)8(12,13)10(16,17)9(7,14)15/h1-2,5H,3H2. The van der Waals surface area contributed by atoms with Crippen molar-refractivity contribution in [1.29, 1.82) is 0 Å². The van der Waals surface area contributed by atoms with Gasteiger partial charge in [0.1, 0.15) is 4.87 Å². The van der Waals surface area contributed by atoms with Crippen molar-refractivity contribution in [2.75, 3.05) is 0 Å². The van der Waals surface area contributed by atoms with Crippen LogP contribution in [0.5, 0.6) is 0 Å². The Labute approximate surface area is 134 Å². The normalized spacial score (nSPS) is 43.4. The molecule has 0 aromatic rings. The number of fused-ring (bicyclic) bond motifs is 4. The molecule has 0 aromatic heterocycles. The van der Waals surface area contributed by atoms with Crippen LogP contribution in [0.1, 0.15) is 6.42 Å². The fourth-order valence-corrected chi connectivity index (χ4v) is 5.89. The predicted molar refractivity (Wildman–Crippen MR) is 76.2 cm³/mol.